The SMILES string of the molecule is Cn1cc(N)c(Oc2ccc(F)c(Br)c2)n1. The first kappa shape index (κ1) is 10.9. The highest BCUT2D eigenvalue weighted by atomic mass is 79.9. The maximum absolute atomic E-state index is 13.0. The summed E-state index contributed by atoms with van der Waals surface area (Å²) in [5.41, 5.74) is 6.10. The molecule has 0 spiro atoms. The van der Waals surface area contributed by atoms with Gasteiger partial charge in [-0.3, -0.25) is 4.68 Å². The molecule has 1 heterocycles. The van der Waals surface area contributed by atoms with Crippen LogP contribution in [0.25, 0.3) is 0 Å². The number of halogens is 2. The smallest absolute Gasteiger partial charge is 0.261 e. The van der Waals surface area contributed by atoms with Crippen molar-refractivity contribution in [1.82, 2.24) is 9.78 Å². The van der Waals surface area contributed by atoms with E-state index < -0.39 is 0 Å². The van der Waals surface area contributed by atoms with E-state index in [1.54, 1.807) is 17.9 Å². The predicted octanol–water partition coefficient (Wildman–Crippen LogP) is 2.70. The van der Waals surface area contributed by atoms with Crippen molar-refractivity contribution < 1.29 is 9.13 Å². The summed E-state index contributed by atoms with van der Waals surface area (Å²) in [6.45, 7) is 0. The normalized spacial score (nSPS) is 10.4. The van der Waals surface area contributed by atoms with Crippen LogP contribution in [0.1, 0.15) is 0 Å². The van der Waals surface area contributed by atoms with Crippen molar-refractivity contribution in [3.63, 3.8) is 0 Å². The summed E-state index contributed by atoms with van der Waals surface area (Å²) in [6.07, 6.45) is 1.63. The number of rotatable bonds is 2. The van der Waals surface area contributed by atoms with E-state index in [0.29, 0.717) is 21.8 Å². The molecule has 2 aromatic rings. The summed E-state index contributed by atoms with van der Waals surface area (Å²) in [7, 11) is 1.74. The number of benzene rings is 1. The number of aryl methyl sites for hydroxylation is 1. The highest BCUT2D eigenvalue weighted by Crippen LogP contribution is 2.28. The zero-order valence-electron chi connectivity index (χ0n) is 8.45. The molecule has 1 aromatic carbocycles. The van der Waals surface area contributed by atoms with Crippen LogP contribution < -0.4 is 10.5 Å². The average Bonchev–Trinajstić information content (AvgIpc) is 2.51. The summed E-state index contributed by atoms with van der Waals surface area (Å²) >= 11 is 3.07. The largest absolute Gasteiger partial charge is 0.436 e. The van der Waals surface area contributed by atoms with Crippen molar-refractivity contribution in [3.8, 4) is 11.6 Å². The zero-order chi connectivity index (χ0) is 11.7. The van der Waals surface area contributed by atoms with Crippen LogP contribution >= 0.6 is 15.9 Å². The van der Waals surface area contributed by atoms with Crippen LogP contribution in [0.4, 0.5) is 10.1 Å². The monoisotopic (exact) mass is 285 g/mol. The lowest BCUT2D eigenvalue weighted by Gasteiger charge is -2.03. The minimum atomic E-state index is -0.346. The first-order valence-corrected chi connectivity index (χ1v) is 5.27. The second-order valence-corrected chi connectivity index (χ2v) is 4.10. The average molecular weight is 286 g/mol. The number of anilines is 1. The van der Waals surface area contributed by atoms with Gasteiger partial charge in [0.2, 0.25) is 0 Å². The number of aromatic nitrogens is 2. The van der Waals surface area contributed by atoms with Crippen LogP contribution in [0.2, 0.25) is 0 Å². The third kappa shape index (κ3) is 2.16. The summed E-state index contributed by atoms with van der Waals surface area (Å²) in [5, 5.41) is 4.02. The second kappa shape index (κ2) is 4.13. The number of nitrogens with two attached hydrogens (primary N) is 1. The van der Waals surface area contributed by atoms with Crippen molar-refractivity contribution in [2.75, 3.05) is 5.73 Å². The lowest BCUT2D eigenvalue weighted by Crippen LogP contribution is -1.91. The minimum absolute atomic E-state index is 0.306. The van der Waals surface area contributed by atoms with Gasteiger partial charge in [0.05, 0.1) is 10.7 Å². The Hall–Kier alpha value is -1.56. The molecule has 1 aromatic heterocycles. The van der Waals surface area contributed by atoms with Crippen LogP contribution in [0.3, 0.4) is 0 Å². The molecule has 0 radical (unpaired) electrons. The molecule has 0 unspecified atom stereocenters. The summed E-state index contributed by atoms with van der Waals surface area (Å²) in [5.74, 6) is 0.432. The Kier molecular flexibility index (Phi) is 2.82. The van der Waals surface area contributed by atoms with Gasteiger partial charge in [-0.15, -0.1) is 5.10 Å². The topological polar surface area (TPSA) is 53.1 Å². The van der Waals surface area contributed by atoms with E-state index in [4.69, 9.17) is 10.5 Å². The molecule has 4 nitrogen and oxygen atoms in total. The van der Waals surface area contributed by atoms with Gasteiger partial charge in [-0.2, -0.15) is 0 Å². The standard InChI is InChI=1S/C10H9BrFN3O/c1-15-5-9(13)10(14-15)16-6-2-3-8(12)7(11)4-6/h2-5H,13H2,1H3. The Morgan fingerprint density at radius 1 is 1.50 bits per heavy atom. The molecule has 0 aliphatic heterocycles. The Morgan fingerprint density at radius 3 is 2.81 bits per heavy atom. The third-order valence-electron chi connectivity index (χ3n) is 1.93. The van der Waals surface area contributed by atoms with E-state index in [0.717, 1.165) is 0 Å². The molecule has 2 rings (SSSR count). The molecular formula is C10H9BrFN3O. The van der Waals surface area contributed by atoms with E-state index in [1.165, 1.54) is 18.2 Å². The summed E-state index contributed by atoms with van der Waals surface area (Å²) in [6, 6.07) is 4.33. The highest BCUT2D eigenvalue weighted by molar-refractivity contribution is 9.10. The van der Waals surface area contributed by atoms with Gasteiger partial charge in [0.1, 0.15) is 17.3 Å². The Bertz CT molecular complexity index is 527. The van der Waals surface area contributed by atoms with Crippen LogP contribution in [-0.4, -0.2) is 9.78 Å². The van der Waals surface area contributed by atoms with Crippen molar-refractivity contribution in [1.29, 1.82) is 0 Å². The molecule has 0 fully saturated rings. The van der Waals surface area contributed by atoms with Gasteiger partial charge in [0.15, 0.2) is 0 Å². The molecule has 16 heavy (non-hydrogen) atoms. The summed E-state index contributed by atoms with van der Waals surface area (Å²) in [4.78, 5) is 0. The van der Waals surface area contributed by atoms with E-state index in [2.05, 4.69) is 21.0 Å². The van der Waals surface area contributed by atoms with Crippen molar-refractivity contribution in [2.45, 2.75) is 0 Å². The number of hydrogen-bond donors (Lipinski definition) is 1. The van der Waals surface area contributed by atoms with Crippen LogP contribution in [0.15, 0.2) is 28.9 Å². The molecule has 2 N–H and O–H groups in total. The number of hydrogen-bond acceptors (Lipinski definition) is 3. The fourth-order valence-electron chi connectivity index (χ4n) is 1.22. The van der Waals surface area contributed by atoms with Crippen LogP contribution in [-0.2, 0) is 7.05 Å². The fraction of sp³-hybridized carbons (Fsp3) is 0.100. The fourth-order valence-corrected chi connectivity index (χ4v) is 1.58. The highest BCUT2D eigenvalue weighted by Gasteiger charge is 2.08. The Labute approximate surface area is 99.9 Å². The predicted molar refractivity (Wildman–Crippen MR) is 61.8 cm³/mol. The Balaban J connectivity index is 2.27. The van der Waals surface area contributed by atoms with E-state index >= 15 is 0 Å². The molecule has 0 bridgehead atoms. The molecule has 84 valence electrons. The van der Waals surface area contributed by atoms with E-state index in [9.17, 15) is 4.39 Å². The third-order valence-corrected chi connectivity index (χ3v) is 2.53. The lowest BCUT2D eigenvalue weighted by atomic mass is 10.3. The quantitative estimate of drug-likeness (QED) is 0.923. The zero-order valence-corrected chi connectivity index (χ0v) is 10.0. The number of nitrogens with zero attached hydrogens (tertiary/aromatic N) is 2. The van der Waals surface area contributed by atoms with Gasteiger partial charge >= 0.3 is 0 Å². The molecule has 0 saturated carbocycles. The minimum Gasteiger partial charge on any atom is -0.436 e. The lowest BCUT2D eigenvalue weighted by molar-refractivity contribution is 0.454. The summed E-state index contributed by atoms with van der Waals surface area (Å²) < 4.78 is 20.3. The van der Waals surface area contributed by atoms with Gasteiger partial charge in [0, 0.05) is 7.05 Å². The van der Waals surface area contributed by atoms with Gasteiger partial charge in [-0.25, -0.2) is 4.39 Å². The molecular weight excluding hydrogens is 277 g/mol. The van der Waals surface area contributed by atoms with Gasteiger partial charge in [-0.1, -0.05) is 0 Å². The van der Waals surface area contributed by atoms with E-state index in [-0.39, 0.29) is 5.82 Å². The van der Waals surface area contributed by atoms with Gasteiger partial charge in [0.25, 0.3) is 5.88 Å². The maximum atomic E-state index is 13.0. The molecule has 0 aliphatic rings. The van der Waals surface area contributed by atoms with Crippen molar-refractivity contribution >= 4 is 21.6 Å². The Morgan fingerprint density at radius 2 is 2.25 bits per heavy atom. The van der Waals surface area contributed by atoms with Crippen LogP contribution in [0, 0.1) is 5.82 Å². The van der Waals surface area contributed by atoms with Crippen molar-refractivity contribution in [2.24, 2.45) is 7.05 Å². The number of nitrogen functional groups attached to an aromatic ring is 1. The molecule has 0 atom stereocenters. The van der Waals surface area contributed by atoms with Gasteiger partial charge < -0.3 is 10.5 Å². The molecule has 6 heteroatoms. The van der Waals surface area contributed by atoms with Crippen LogP contribution in [0.5, 0.6) is 11.6 Å². The maximum Gasteiger partial charge on any atom is 0.261 e. The second-order valence-electron chi connectivity index (χ2n) is 3.24. The van der Waals surface area contributed by atoms with Gasteiger partial charge in [-0.05, 0) is 34.1 Å². The molecule has 0 saturated heterocycles. The van der Waals surface area contributed by atoms with E-state index in [1.807, 2.05) is 0 Å². The number of ether oxygens (including phenoxy) is 1. The first-order valence-electron chi connectivity index (χ1n) is 4.48. The first-order chi connectivity index (χ1) is 7.56. The molecule has 0 aliphatic carbocycles. The molecule has 0 amide bonds. The van der Waals surface area contributed by atoms with Crippen molar-refractivity contribution in [3.05, 3.63) is 34.7 Å².